The van der Waals surface area contributed by atoms with E-state index < -0.39 is 17.7 Å². The van der Waals surface area contributed by atoms with Crippen LogP contribution in [0.2, 0.25) is 0 Å². The first kappa shape index (κ1) is 12.2. The number of carbonyl (C=O) groups is 1. The fourth-order valence-electron chi connectivity index (χ4n) is 1.78. The molecule has 0 bridgehead atoms. The summed E-state index contributed by atoms with van der Waals surface area (Å²) >= 11 is 0. The lowest BCUT2D eigenvalue weighted by Crippen LogP contribution is -2.18. The van der Waals surface area contributed by atoms with Crippen LogP contribution in [-0.2, 0) is 18.3 Å². The van der Waals surface area contributed by atoms with Crippen LogP contribution in [0.25, 0.3) is 0 Å². The molecular formula is C12H12FN3O2. The second kappa shape index (κ2) is 4.95. The summed E-state index contributed by atoms with van der Waals surface area (Å²) in [5, 5.41) is 13.1. The number of benzene rings is 1. The molecule has 6 heteroatoms. The van der Waals surface area contributed by atoms with Crippen molar-refractivity contribution in [3.63, 3.8) is 0 Å². The highest BCUT2D eigenvalue weighted by atomic mass is 19.1. The molecule has 5 nitrogen and oxygen atoms in total. The van der Waals surface area contributed by atoms with E-state index in [0.29, 0.717) is 5.82 Å². The van der Waals surface area contributed by atoms with E-state index in [4.69, 9.17) is 0 Å². The van der Waals surface area contributed by atoms with Crippen molar-refractivity contribution in [2.24, 2.45) is 7.05 Å². The van der Waals surface area contributed by atoms with Gasteiger partial charge in [0.25, 0.3) is 0 Å². The van der Waals surface area contributed by atoms with Gasteiger partial charge >= 0.3 is 5.97 Å². The van der Waals surface area contributed by atoms with Gasteiger partial charge in [-0.2, -0.15) is 5.10 Å². The van der Waals surface area contributed by atoms with Crippen molar-refractivity contribution in [3.8, 4) is 0 Å². The number of aromatic nitrogens is 3. The summed E-state index contributed by atoms with van der Waals surface area (Å²) in [4.78, 5) is 15.2. The zero-order chi connectivity index (χ0) is 13.1. The number of aryl methyl sites for hydroxylation is 1. The van der Waals surface area contributed by atoms with Crippen LogP contribution in [-0.4, -0.2) is 25.8 Å². The molecule has 0 spiro atoms. The molecule has 0 radical (unpaired) electrons. The Labute approximate surface area is 103 Å². The summed E-state index contributed by atoms with van der Waals surface area (Å²) < 4.78 is 15.1. The van der Waals surface area contributed by atoms with Gasteiger partial charge in [0.05, 0.1) is 5.92 Å². The van der Waals surface area contributed by atoms with Crippen molar-refractivity contribution >= 4 is 5.97 Å². The number of halogens is 1. The number of hydrogen-bond acceptors (Lipinski definition) is 3. The molecule has 0 fully saturated rings. The third-order valence-electron chi connectivity index (χ3n) is 2.77. The van der Waals surface area contributed by atoms with E-state index in [1.54, 1.807) is 13.1 Å². The molecule has 0 saturated carbocycles. The second-order valence-corrected chi connectivity index (χ2v) is 3.92. The van der Waals surface area contributed by atoms with Crippen molar-refractivity contribution in [2.45, 2.75) is 12.3 Å². The fourth-order valence-corrected chi connectivity index (χ4v) is 1.78. The van der Waals surface area contributed by atoms with Crippen LogP contribution in [0.5, 0.6) is 0 Å². The number of hydrogen-bond donors (Lipinski definition) is 1. The SMILES string of the molecule is Cn1ncnc1CC(C(=O)O)c1ccccc1F. The Morgan fingerprint density at radius 2 is 2.22 bits per heavy atom. The largest absolute Gasteiger partial charge is 0.481 e. The molecule has 18 heavy (non-hydrogen) atoms. The van der Waals surface area contributed by atoms with Gasteiger partial charge < -0.3 is 5.11 Å². The molecule has 0 aliphatic rings. The van der Waals surface area contributed by atoms with E-state index in [9.17, 15) is 14.3 Å². The zero-order valence-electron chi connectivity index (χ0n) is 9.75. The number of aliphatic carboxylic acids is 1. The average Bonchev–Trinajstić information content (AvgIpc) is 2.73. The average molecular weight is 249 g/mol. The molecule has 0 amide bonds. The van der Waals surface area contributed by atoms with Gasteiger partial charge in [-0.15, -0.1) is 0 Å². The Kier molecular flexibility index (Phi) is 3.36. The van der Waals surface area contributed by atoms with Crippen molar-refractivity contribution < 1.29 is 14.3 Å². The predicted octanol–water partition coefficient (Wildman–Crippen LogP) is 1.37. The highest BCUT2D eigenvalue weighted by Crippen LogP contribution is 2.22. The second-order valence-electron chi connectivity index (χ2n) is 3.92. The van der Waals surface area contributed by atoms with Gasteiger partial charge in [-0.05, 0) is 6.07 Å². The lowest BCUT2D eigenvalue weighted by atomic mass is 9.95. The topological polar surface area (TPSA) is 68.0 Å². The first-order valence-electron chi connectivity index (χ1n) is 5.39. The molecule has 0 saturated heterocycles. The van der Waals surface area contributed by atoms with Crippen LogP contribution in [0.15, 0.2) is 30.6 Å². The first-order chi connectivity index (χ1) is 8.59. The summed E-state index contributed by atoms with van der Waals surface area (Å²) in [6.07, 6.45) is 1.45. The molecule has 1 heterocycles. The van der Waals surface area contributed by atoms with E-state index in [0.717, 1.165) is 0 Å². The lowest BCUT2D eigenvalue weighted by Gasteiger charge is -2.12. The Hall–Kier alpha value is -2.24. The molecule has 2 rings (SSSR count). The molecule has 1 N–H and O–H groups in total. The normalized spacial score (nSPS) is 12.3. The molecule has 2 aromatic rings. The lowest BCUT2D eigenvalue weighted by molar-refractivity contribution is -0.138. The maximum atomic E-state index is 13.6. The van der Waals surface area contributed by atoms with Gasteiger partial charge in [0.2, 0.25) is 0 Å². The van der Waals surface area contributed by atoms with E-state index >= 15 is 0 Å². The molecule has 94 valence electrons. The maximum absolute atomic E-state index is 13.6. The van der Waals surface area contributed by atoms with Crippen molar-refractivity contribution in [3.05, 3.63) is 47.8 Å². The molecule has 0 aliphatic carbocycles. The maximum Gasteiger partial charge on any atom is 0.311 e. The Bertz CT molecular complexity index is 568. The van der Waals surface area contributed by atoms with Crippen LogP contribution in [0.1, 0.15) is 17.3 Å². The minimum absolute atomic E-state index is 0.104. The molecule has 1 aromatic heterocycles. The van der Waals surface area contributed by atoms with Crippen molar-refractivity contribution in [1.82, 2.24) is 14.8 Å². The summed E-state index contributed by atoms with van der Waals surface area (Å²) in [6.45, 7) is 0. The first-order valence-corrected chi connectivity index (χ1v) is 5.39. The van der Waals surface area contributed by atoms with Gasteiger partial charge in [-0.1, -0.05) is 18.2 Å². The highest BCUT2D eigenvalue weighted by Gasteiger charge is 2.24. The van der Waals surface area contributed by atoms with Crippen molar-refractivity contribution in [2.75, 3.05) is 0 Å². The minimum atomic E-state index is -1.08. The standard InChI is InChI=1S/C12H12FN3O2/c1-16-11(14-7-15-16)6-9(12(17)18)8-4-2-3-5-10(8)13/h2-5,7,9H,6H2,1H3,(H,17,18). The van der Waals surface area contributed by atoms with Gasteiger partial charge in [-0.3, -0.25) is 9.48 Å². The van der Waals surface area contributed by atoms with Crippen LogP contribution in [0.4, 0.5) is 4.39 Å². The van der Waals surface area contributed by atoms with E-state index in [-0.39, 0.29) is 12.0 Å². The van der Waals surface area contributed by atoms with E-state index in [1.807, 2.05) is 0 Å². The third kappa shape index (κ3) is 2.37. The molecule has 1 aromatic carbocycles. The number of carboxylic acids is 1. The smallest absolute Gasteiger partial charge is 0.311 e. The van der Waals surface area contributed by atoms with Gasteiger partial charge in [0.1, 0.15) is 18.0 Å². The Balaban J connectivity index is 2.33. The van der Waals surface area contributed by atoms with E-state index in [1.165, 1.54) is 29.2 Å². The number of rotatable bonds is 4. The van der Waals surface area contributed by atoms with Crippen LogP contribution >= 0.6 is 0 Å². The fraction of sp³-hybridized carbons (Fsp3) is 0.250. The molecule has 1 atom stereocenters. The Morgan fingerprint density at radius 1 is 1.50 bits per heavy atom. The van der Waals surface area contributed by atoms with Crippen LogP contribution < -0.4 is 0 Å². The van der Waals surface area contributed by atoms with Crippen LogP contribution in [0.3, 0.4) is 0 Å². The van der Waals surface area contributed by atoms with Gasteiger partial charge in [-0.25, -0.2) is 9.37 Å². The van der Waals surface area contributed by atoms with Gasteiger partial charge in [0.15, 0.2) is 0 Å². The number of nitrogens with zero attached hydrogens (tertiary/aromatic N) is 3. The summed E-state index contributed by atoms with van der Waals surface area (Å²) in [6, 6.07) is 5.87. The third-order valence-corrected chi connectivity index (χ3v) is 2.77. The van der Waals surface area contributed by atoms with Gasteiger partial charge in [0, 0.05) is 19.0 Å². The van der Waals surface area contributed by atoms with E-state index in [2.05, 4.69) is 10.1 Å². The van der Waals surface area contributed by atoms with Crippen LogP contribution in [0, 0.1) is 5.82 Å². The zero-order valence-corrected chi connectivity index (χ0v) is 9.75. The summed E-state index contributed by atoms with van der Waals surface area (Å²) in [5.74, 6) is -2.06. The monoisotopic (exact) mass is 249 g/mol. The summed E-state index contributed by atoms with van der Waals surface area (Å²) in [5.41, 5.74) is 0.160. The van der Waals surface area contributed by atoms with Crippen molar-refractivity contribution in [1.29, 1.82) is 0 Å². The highest BCUT2D eigenvalue weighted by molar-refractivity contribution is 5.76. The molecule has 1 unspecified atom stereocenters. The number of carboxylic acid groups (broad SMARTS) is 1. The molecule has 0 aliphatic heterocycles. The molecular weight excluding hydrogens is 237 g/mol. The quantitative estimate of drug-likeness (QED) is 0.888. The Morgan fingerprint density at radius 3 is 2.78 bits per heavy atom. The predicted molar refractivity (Wildman–Crippen MR) is 61.5 cm³/mol. The summed E-state index contributed by atoms with van der Waals surface area (Å²) in [7, 11) is 1.67. The minimum Gasteiger partial charge on any atom is -0.481 e.